The van der Waals surface area contributed by atoms with Crippen molar-refractivity contribution >= 4 is 17.4 Å². The molecule has 0 unspecified atom stereocenters. The van der Waals surface area contributed by atoms with Gasteiger partial charge in [0.25, 0.3) is 5.91 Å². The summed E-state index contributed by atoms with van der Waals surface area (Å²) in [6.45, 7) is 6.09. The number of amides is 1. The summed E-state index contributed by atoms with van der Waals surface area (Å²) in [5, 5.41) is 2.94. The number of hydrogen-bond acceptors (Lipinski definition) is 4. The molecule has 2 heterocycles. The quantitative estimate of drug-likeness (QED) is 0.808. The van der Waals surface area contributed by atoms with E-state index in [1.807, 2.05) is 18.2 Å². The van der Waals surface area contributed by atoms with E-state index >= 15 is 0 Å². The number of carbonyl (C=O) groups is 1. The molecule has 0 aliphatic carbocycles. The van der Waals surface area contributed by atoms with Crippen molar-refractivity contribution < 1.29 is 9.18 Å². The van der Waals surface area contributed by atoms with E-state index in [2.05, 4.69) is 27.0 Å². The molecule has 0 spiro atoms. The zero-order valence-corrected chi connectivity index (χ0v) is 15.1. The fourth-order valence-electron chi connectivity index (χ4n) is 3.06. The molecule has 1 amide bonds. The Labute approximate surface area is 153 Å². The van der Waals surface area contributed by atoms with Crippen LogP contribution < -0.4 is 15.1 Å². The highest BCUT2D eigenvalue weighted by molar-refractivity contribution is 5.94. The Kier molecular flexibility index (Phi) is 6.04. The van der Waals surface area contributed by atoms with Gasteiger partial charge in [0.05, 0.1) is 0 Å². The number of halogens is 1. The smallest absolute Gasteiger partial charge is 0.251 e. The van der Waals surface area contributed by atoms with Gasteiger partial charge in [0.2, 0.25) is 0 Å². The molecule has 5 nitrogen and oxygen atoms in total. The van der Waals surface area contributed by atoms with Crippen molar-refractivity contribution in [3.05, 3.63) is 54.0 Å². The van der Waals surface area contributed by atoms with Crippen LogP contribution in [0.4, 0.5) is 15.9 Å². The van der Waals surface area contributed by atoms with Crippen LogP contribution in [-0.2, 0) is 0 Å². The molecule has 0 atom stereocenters. The normalized spacial score (nSPS) is 14.4. The number of anilines is 2. The van der Waals surface area contributed by atoms with Crippen LogP contribution in [0.2, 0.25) is 0 Å². The first kappa shape index (κ1) is 18.2. The standard InChI is InChI=1S/C20H25FN4O/c1-2-3-9-23-20(26)16-8-10-22-19(15-16)25-13-11-24(12-14-25)18-6-4-17(21)5-7-18/h4-8,10,15H,2-3,9,11-14H2,1H3,(H,23,26). The van der Waals surface area contributed by atoms with Crippen LogP contribution in [0, 0.1) is 5.82 Å². The summed E-state index contributed by atoms with van der Waals surface area (Å²) < 4.78 is 13.1. The summed E-state index contributed by atoms with van der Waals surface area (Å²) in [5.41, 5.74) is 1.68. The lowest BCUT2D eigenvalue weighted by Crippen LogP contribution is -2.46. The van der Waals surface area contributed by atoms with Gasteiger partial charge in [-0.3, -0.25) is 4.79 Å². The summed E-state index contributed by atoms with van der Waals surface area (Å²) >= 11 is 0. The van der Waals surface area contributed by atoms with Crippen LogP contribution in [0.15, 0.2) is 42.6 Å². The monoisotopic (exact) mass is 356 g/mol. The number of benzene rings is 1. The van der Waals surface area contributed by atoms with Crippen molar-refractivity contribution in [1.82, 2.24) is 10.3 Å². The van der Waals surface area contributed by atoms with Crippen LogP contribution in [0.25, 0.3) is 0 Å². The minimum absolute atomic E-state index is 0.0490. The highest BCUT2D eigenvalue weighted by Crippen LogP contribution is 2.20. The van der Waals surface area contributed by atoms with Gasteiger partial charge in [-0.15, -0.1) is 0 Å². The molecule has 0 radical (unpaired) electrons. The molecule has 1 N–H and O–H groups in total. The molecule has 0 bridgehead atoms. The van der Waals surface area contributed by atoms with Gasteiger partial charge < -0.3 is 15.1 Å². The average Bonchev–Trinajstić information content (AvgIpc) is 2.69. The largest absolute Gasteiger partial charge is 0.368 e. The lowest BCUT2D eigenvalue weighted by Gasteiger charge is -2.36. The molecule has 6 heteroatoms. The first-order valence-corrected chi connectivity index (χ1v) is 9.17. The highest BCUT2D eigenvalue weighted by Gasteiger charge is 2.19. The number of nitrogens with zero attached hydrogens (tertiary/aromatic N) is 3. The second-order valence-electron chi connectivity index (χ2n) is 6.46. The molecule has 1 aromatic carbocycles. The third kappa shape index (κ3) is 4.50. The Morgan fingerprint density at radius 2 is 1.81 bits per heavy atom. The summed E-state index contributed by atoms with van der Waals surface area (Å²) in [5.74, 6) is 0.560. The third-order valence-electron chi connectivity index (χ3n) is 4.62. The summed E-state index contributed by atoms with van der Waals surface area (Å²) in [6, 6.07) is 10.2. The van der Waals surface area contributed by atoms with E-state index in [4.69, 9.17) is 0 Å². The number of aromatic nitrogens is 1. The molecule has 1 aliphatic rings. The zero-order valence-electron chi connectivity index (χ0n) is 15.1. The van der Waals surface area contributed by atoms with Crippen molar-refractivity contribution in [3.8, 4) is 0 Å². The molecule has 3 rings (SSSR count). The van der Waals surface area contributed by atoms with Gasteiger partial charge >= 0.3 is 0 Å². The molecule has 2 aromatic rings. The first-order valence-electron chi connectivity index (χ1n) is 9.17. The van der Waals surface area contributed by atoms with Crippen molar-refractivity contribution in [2.75, 3.05) is 42.5 Å². The van der Waals surface area contributed by atoms with Gasteiger partial charge in [0, 0.05) is 50.2 Å². The van der Waals surface area contributed by atoms with Gasteiger partial charge in [-0.2, -0.15) is 0 Å². The van der Waals surface area contributed by atoms with E-state index < -0.39 is 0 Å². The molecule has 1 aliphatic heterocycles. The van der Waals surface area contributed by atoms with Crippen molar-refractivity contribution in [1.29, 1.82) is 0 Å². The highest BCUT2D eigenvalue weighted by atomic mass is 19.1. The predicted molar refractivity (Wildman–Crippen MR) is 102 cm³/mol. The molecule has 138 valence electrons. The van der Waals surface area contributed by atoms with Gasteiger partial charge in [-0.1, -0.05) is 13.3 Å². The maximum absolute atomic E-state index is 13.1. The van der Waals surface area contributed by atoms with Gasteiger partial charge in [-0.25, -0.2) is 9.37 Å². The Morgan fingerprint density at radius 3 is 2.50 bits per heavy atom. The SMILES string of the molecule is CCCCNC(=O)c1ccnc(N2CCN(c3ccc(F)cc3)CC2)c1. The van der Waals surface area contributed by atoms with Crippen LogP contribution in [0.1, 0.15) is 30.1 Å². The molecular formula is C20H25FN4O. The summed E-state index contributed by atoms with van der Waals surface area (Å²) in [6.07, 6.45) is 3.73. The number of nitrogens with one attached hydrogen (secondary N) is 1. The molecule has 0 saturated carbocycles. The minimum atomic E-state index is -0.217. The topological polar surface area (TPSA) is 48.5 Å². The number of pyridine rings is 1. The Balaban J connectivity index is 1.59. The van der Waals surface area contributed by atoms with Crippen LogP contribution in [-0.4, -0.2) is 43.6 Å². The maximum Gasteiger partial charge on any atom is 0.251 e. The molecule has 1 fully saturated rings. The lowest BCUT2D eigenvalue weighted by atomic mass is 10.2. The van der Waals surface area contributed by atoms with E-state index in [0.717, 1.165) is 50.5 Å². The van der Waals surface area contributed by atoms with Crippen molar-refractivity contribution in [2.24, 2.45) is 0 Å². The molecule has 1 saturated heterocycles. The van der Waals surface area contributed by atoms with Gasteiger partial charge in [0.1, 0.15) is 11.6 Å². The Morgan fingerprint density at radius 1 is 1.12 bits per heavy atom. The van der Waals surface area contributed by atoms with Crippen LogP contribution in [0.3, 0.4) is 0 Å². The minimum Gasteiger partial charge on any atom is -0.368 e. The summed E-state index contributed by atoms with van der Waals surface area (Å²) in [7, 11) is 0. The third-order valence-corrected chi connectivity index (χ3v) is 4.62. The maximum atomic E-state index is 13.1. The fraction of sp³-hybridized carbons (Fsp3) is 0.400. The van der Waals surface area contributed by atoms with Gasteiger partial charge in [0.15, 0.2) is 0 Å². The van der Waals surface area contributed by atoms with E-state index in [1.54, 1.807) is 12.3 Å². The second kappa shape index (κ2) is 8.65. The zero-order chi connectivity index (χ0) is 18.4. The van der Waals surface area contributed by atoms with Gasteiger partial charge in [-0.05, 0) is 42.8 Å². The lowest BCUT2D eigenvalue weighted by molar-refractivity contribution is 0.0953. The summed E-state index contributed by atoms with van der Waals surface area (Å²) in [4.78, 5) is 21.1. The number of carbonyl (C=O) groups excluding carboxylic acids is 1. The van der Waals surface area contributed by atoms with E-state index in [0.29, 0.717) is 12.1 Å². The van der Waals surface area contributed by atoms with Crippen LogP contribution in [0.5, 0.6) is 0 Å². The second-order valence-corrected chi connectivity index (χ2v) is 6.46. The van der Waals surface area contributed by atoms with E-state index in [1.165, 1.54) is 12.1 Å². The number of rotatable bonds is 6. The number of hydrogen-bond donors (Lipinski definition) is 1. The van der Waals surface area contributed by atoms with Crippen molar-refractivity contribution in [2.45, 2.75) is 19.8 Å². The van der Waals surface area contributed by atoms with Crippen molar-refractivity contribution in [3.63, 3.8) is 0 Å². The fourth-order valence-corrected chi connectivity index (χ4v) is 3.06. The first-order chi connectivity index (χ1) is 12.7. The van der Waals surface area contributed by atoms with Crippen LogP contribution >= 0.6 is 0 Å². The Bertz CT molecular complexity index is 727. The predicted octanol–water partition coefficient (Wildman–Crippen LogP) is 3.08. The molecule has 1 aromatic heterocycles. The number of unbranched alkanes of at least 4 members (excludes halogenated alkanes) is 1. The Hall–Kier alpha value is -2.63. The molecule has 26 heavy (non-hydrogen) atoms. The molecular weight excluding hydrogens is 331 g/mol. The van der Waals surface area contributed by atoms with E-state index in [-0.39, 0.29) is 11.7 Å². The number of piperazine rings is 1. The average molecular weight is 356 g/mol. The van der Waals surface area contributed by atoms with E-state index in [9.17, 15) is 9.18 Å².